The highest BCUT2D eigenvalue weighted by atomic mass is 35.5. The van der Waals surface area contributed by atoms with Crippen molar-refractivity contribution in [1.29, 1.82) is 0 Å². The van der Waals surface area contributed by atoms with Crippen molar-refractivity contribution in [3.05, 3.63) is 78.1 Å². The number of rotatable bonds is 8. The zero-order valence-corrected chi connectivity index (χ0v) is 16.8. The molecule has 1 aromatic heterocycles. The van der Waals surface area contributed by atoms with Gasteiger partial charge in [0.2, 0.25) is 15.9 Å². The molecule has 7 nitrogen and oxygen atoms in total. The standard InChI is InChI=1S/C20H18ClN3O4S/c21-18-5-1-2-6-19(18)28-16-9-7-15(8-10-16)24-20(25)11-13-23-29(26,27)17-4-3-12-22-14-17/h1-10,12,14,23H,11,13H2,(H,24,25). The van der Waals surface area contributed by atoms with E-state index in [0.717, 1.165) is 0 Å². The zero-order chi connectivity index (χ0) is 20.7. The maximum Gasteiger partial charge on any atom is 0.242 e. The second-order valence-corrected chi connectivity index (χ2v) is 8.12. The van der Waals surface area contributed by atoms with E-state index in [1.807, 2.05) is 12.1 Å². The van der Waals surface area contributed by atoms with Gasteiger partial charge in [-0.05, 0) is 48.5 Å². The number of nitrogens with one attached hydrogen (secondary N) is 2. The fourth-order valence-corrected chi connectivity index (χ4v) is 3.54. The quantitative estimate of drug-likeness (QED) is 0.564. The molecule has 0 bridgehead atoms. The number of para-hydroxylation sites is 1. The number of pyridine rings is 1. The lowest BCUT2D eigenvalue weighted by Gasteiger charge is -2.09. The summed E-state index contributed by atoms with van der Waals surface area (Å²) in [5, 5.41) is 3.20. The number of anilines is 1. The van der Waals surface area contributed by atoms with Crippen LogP contribution in [0.25, 0.3) is 0 Å². The summed E-state index contributed by atoms with van der Waals surface area (Å²) in [6, 6.07) is 16.8. The van der Waals surface area contributed by atoms with Crippen LogP contribution in [0.3, 0.4) is 0 Å². The number of carbonyl (C=O) groups is 1. The Labute approximate surface area is 173 Å². The summed E-state index contributed by atoms with van der Waals surface area (Å²) in [7, 11) is -3.69. The highest BCUT2D eigenvalue weighted by Crippen LogP contribution is 2.29. The van der Waals surface area contributed by atoms with Crippen LogP contribution in [-0.4, -0.2) is 25.9 Å². The van der Waals surface area contributed by atoms with Crippen LogP contribution < -0.4 is 14.8 Å². The van der Waals surface area contributed by atoms with Crippen molar-refractivity contribution in [3.63, 3.8) is 0 Å². The molecule has 0 radical (unpaired) electrons. The van der Waals surface area contributed by atoms with E-state index in [1.165, 1.54) is 24.5 Å². The Morgan fingerprint density at radius 3 is 2.48 bits per heavy atom. The van der Waals surface area contributed by atoms with Gasteiger partial charge in [0.1, 0.15) is 16.4 Å². The van der Waals surface area contributed by atoms with Crippen LogP contribution in [0.15, 0.2) is 78.0 Å². The Kier molecular flexibility index (Phi) is 6.82. The first-order chi connectivity index (χ1) is 13.9. The summed E-state index contributed by atoms with van der Waals surface area (Å²) in [5.41, 5.74) is 0.566. The number of halogens is 1. The topological polar surface area (TPSA) is 97.4 Å². The lowest BCUT2D eigenvalue weighted by atomic mass is 10.3. The molecule has 0 spiro atoms. The Morgan fingerprint density at radius 2 is 1.79 bits per heavy atom. The molecule has 0 aliphatic rings. The van der Waals surface area contributed by atoms with Gasteiger partial charge >= 0.3 is 0 Å². The molecule has 0 atom stereocenters. The average Bonchev–Trinajstić information content (AvgIpc) is 2.72. The molecule has 3 rings (SSSR count). The van der Waals surface area contributed by atoms with Crippen molar-refractivity contribution in [1.82, 2.24) is 9.71 Å². The summed E-state index contributed by atoms with van der Waals surface area (Å²) < 4.78 is 32.2. The first-order valence-electron chi connectivity index (χ1n) is 8.66. The summed E-state index contributed by atoms with van der Waals surface area (Å²) in [4.78, 5) is 15.9. The minimum absolute atomic E-state index is 0.0165. The van der Waals surface area contributed by atoms with Crippen LogP contribution in [0.5, 0.6) is 11.5 Å². The third-order valence-electron chi connectivity index (χ3n) is 3.79. The van der Waals surface area contributed by atoms with E-state index in [2.05, 4.69) is 15.0 Å². The maximum absolute atomic E-state index is 12.1. The van der Waals surface area contributed by atoms with Crippen LogP contribution in [0.1, 0.15) is 6.42 Å². The van der Waals surface area contributed by atoms with Gasteiger partial charge in [-0.3, -0.25) is 9.78 Å². The van der Waals surface area contributed by atoms with E-state index in [0.29, 0.717) is 22.2 Å². The van der Waals surface area contributed by atoms with Crippen LogP contribution in [0.2, 0.25) is 5.02 Å². The molecule has 1 heterocycles. The van der Waals surface area contributed by atoms with Gasteiger partial charge in [0.05, 0.1) is 5.02 Å². The molecular formula is C20H18ClN3O4S. The van der Waals surface area contributed by atoms with Crippen molar-refractivity contribution >= 4 is 33.2 Å². The summed E-state index contributed by atoms with van der Waals surface area (Å²) >= 11 is 6.06. The Bertz CT molecular complexity index is 1070. The van der Waals surface area contributed by atoms with Crippen molar-refractivity contribution in [2.45, 2.75) is 11.3 Å². The van der Waals surface area contributed by atoms with Gasteiger partial charge in [-0.1, -0.05) is 23.7 Å². The highest BCUT2D eigenvalue weighted by molar-refractivity contribution is 7.89. The molecule has 150 valence electrons. The van der Waals surface area contributed by atoms with E-state index in [-0.39, 0.29) is 23.8 Å². The molecule has 2 N–H and O–H groups in total. The second-order valence-electron chi connectivity index (χ2n) is 5.94. The number of carbonyl (C=O) groups excluding carboxylic acids is 1. The smallest absolute Gasteiger partial charge is 0.242 e. The number of nitrogens with zero attached hydrogens (tertiary/aromatic N) is 1. The van der Waals surface area contributed by atoms with E-state index < -0.39 is 10.0 Å². The number of benzene rings is 2. The molecule has 0 aliphatic carbocycles. The molecule has 0 fully saturated rings. The van der Waals surface area contributed by atoms with Gasteiger partial charge in [-0.2, -0.15) is 0 Å². The number of aromatic nitrogens is 1. The SMILES string of the molecule is O=C(CCNS(=O)(=O)c1cccnc1)Nc1ccc(Oc2ccccc2Cl)cc1. The highest BCUT2D eigenvalue weighted by Gasteiger charge is 2.14. The number of amides is 1. The molecule has 0 saturated carbocycles. The van der Waals surface area contributed by atoms with E-state index in [4.69, 9.17) is 16.3 Å². The average molecular weight is 432 g/mol. The summed E-state index contributed by atoms with van der Waals surface area (Å²) in [6.45, 7) is -0.0310. The van der Waals surface area contributed by atoms with Crippen LogP contribution >= 0.6 is 11.6 Å². The van der Waals surface area contributed by atoms with Gasteiger partial charge < -0.3 is 10.1 Å². The molecule has 0 unspecified atom stereocenters. The Balaban J connectivity index is 1.49. The molecular weight excluding hydrogens is 414 g/mol. The van der Waals surface area contributed by atoms with Gasteiger partial charge in [0.25, 0.3) is 0 Å². The predicted molar refractivity (Wildman–Crippen MR) is 111 cm³/mol. The lowest BCUT2D eigenvalue weighted by Crippen LogP contribution is -2.27. The van der Waals surface area contributed by atoms with E-state index in [9.17, 15) is 13.2 Å². The lowest BCUT2D eigenvalue weighted by molar-refractivity contribution is -0.116. The normalized spacial score (nSPS) is 11.1. The van der Waals surface area contributed by atoms with Crippen LogP contribution in [0.4, 0.5) is 5.69 Å². The molecule has 2 aromatic carbocycles. The van der Waals surface area contributed by atoms with Crippen molar-refractivity contribution in [2.24, 2.45) is 0 Å². The number of hydrogen-bond acceptors (Lipinski definition) is 5. The van der Waals surface area contributed by atoms with Crippen LogP contribution in [-0.2, 0) is 14.8 Å². The monoisotopic (exact) mass is 431 g/mol. The van der Waals surface area contributed by atoms with Gasteiger partial charge in [-0.15, -0.1) is 0 Å². The Morgan fingerprint density at radius 1 is 1.03 bits per heavy atom. The predicted octanol–water partition coefficient (Wildman–Crippen LogP) is 3.83. The first kappa shape index (κ1) is 20.8. The minimum Gasteiger partial charge on any atom is -0.456 e. The third kappa shape index (κ3) is 6.02. The largest absolute Gasteiger partial charge is 0.456 e. The van der Waals surface area contributed by atoms with Crippen molar-refractivity contribution in [3.8, 4) is 11.5 Å². The minimum atomic E-state index is -3.69. The number of ether oxygens (including phenoxy) is 1. The Hall–Kier alpha value is -2.94. The van der Waals surface area contributed by atoms with Crippen molar-refractivity contribution < 1.29 is 17.9 Å². The number of sulfonamides is 1. The first-order valence-corrected chi connectivity index (χ1v) is 10.5. The number of hydrogen-bond donors (Lipinski definition) is 2. The van der Waals surface area contributed by atoms with E-state index >= 15 is 0 Å². The van der Waals surface area contributed by atoms with E-state index in [1.54, 1.807) is 36.4 Å². The molecule has 29 heavy (non-hydrogen) atoms. The van der Waals surface area contributed by atoms with Crippen molar-refractivity contribution in [2.75, 3.05) is 11.9 Å². The summed E-state index contributed by atoms with van der Waals surface area (Å²) in [5.74, 6) is 0.783. The molecule has 0 aliphatic heterocycles. The molecule has 9 heteroatoms. The van der Waals surface area contributed by atoms with Crippen LogP contribution in [0, 0.1) is 0 Å². The van der Waals surface area contributed by atoms with Gasteiger partial charge in [-0.25, -0.2) is 13.1 Å². The second kappa shape index (κ2) is 9.51. The summed E-state index contributed by atoms with van der Waals surface area (Å²) in [6.07, 6.45) is 2.71. The fraction of sp³-hybridized carbons (Fsp3) is 0.100. The molecule has 1 amide bonds. The third-order valence-corrected chi connectivity index (χ3v) is 5.55. The molecule has 3 aromatic rings. The zero-order valence-electron chi connectivity index (χ0n) is 15.2. The fourth-order valence-electron chi connectivity index (χ4n) is 2.37. The molecule has 0 saturated heterocycles. The van der Waals surface area contributed by atoms with Gasteiger partial charge in [0, 0.05) is 31.0 Å². The van der Waals surface area contributed by atoms with Gasteiger partial charge in [0.15, 0.2) is 0 Å². The maximum atomic E-state index is 12.1.